The molecule has 1 spiro atoms. The maximum atomic E-state index is 14.1. The summed E-state index contributed by atoms with van der Waals surface area (Å²) in [6.45, 7) is -0.568. The largest absolute Gasteiger partial charge is 0.480 e. The SMILES string of the molecule is O=C(O)CN1C(=O)[C@@]2(CC(=O)N(Cc3cc(Cl)ccc3F)C2)c2cc(Cl)ccc21. The molecular weight excluding hydrogens is 422 g/mol. The fourth-order valence-electron chi connectivity index (χ4n) is 4.08. The van der Waals surface area contributed by atoms with E-state index in [-0.39, 0.29) is 31.0 Å². The molecule has 0 saturated carbocycles. The van der Waals surface area contributed by atoms with Crippen LogP contribution >= 0.6 is 23.2 Å². The summed E-state index contributed by atoms with van der Waals surface area (Å²) in [4.78, 5) is 39.8. The quantitative estimate of drug-likeness (QED) is 0.797. The highest BCUT2D eigenvalue weighted by molar-refractivity contribution is 6.31. The number of benzene rings is 2. The molecule has 2 aromatic rings. The zero-order valence-corrected chi connectivity index (χ0v) is 16.5. The number of carbonyl (C=O) groups is 3. The standard InChI is InChI=1S/C20H15Cl2FN2O4/c21-12-1-3-15(23)11(5-12)8-24-10-20(7-17(24)26)14-6-13(22)2-4-16(14)25(19(20)29)9-18(27)28/h1-6H,7-10H2,(H,27,28)/t20-/m1/s1. The minimum atomic E-state index is -1.25. The highest BCUT2D eigenvalue weighted by Crippen LogP contribution is 2.48. The number of fused-ring (bicyclic) bond motifs is 2. The summed E-state index contributed by atoms with van der Waals surface area (Å²) < 4.78 is 14.1. The number of anilines is 1. The van der Waals surface area contributed by atoms with Gasteiger partial charge in [0.1, 0.15) is 17.8 Å². The van der Waals surface area contributed by atoms with E-state index in [1.54, 1.807) is 18.2 Å². The van der Waals surface area contributed by atoms with Crippen LogP contribution in [0.2, 0.25) is 10.0 Å². The first kappa shape index (κ1) is 19.7. The van der Waals surface area contributed by atoms with Crippen molar-refractivity contribution in [2.45, 2.75) is 18.4 Å². The van der Waals surface area contributed by atoms with Crippen LogP contribution in [0.3, 0.4) is 0 Å². The van der Waals surface area contributed by atoms with E-state index in [0.29, 0.717) is 21.3 Å². The van der Waals surface area contributed by atoms with Gasteiger partial charge in [0, 0.05) is 40.8 Å². The smallest absolute Gasteiger partial charge is 0.323 e. The molecule has 1 N–H and O–H groups in total. The Balaban J connectivity index is 1.72. The van der Waals surface area contributed by atoms with Crippen molar-refractivity contribution in [2.24, 2.45) is 0 Å². The van der Waals surface area contributed by atoms with Gasteiger partial charge < -0.3 is 14.9 Å². The number of nitrogens with zero attached hydrogens (tertiary/aromatic N) is 2. The number of carboxylic acids is 1. The summed E-state index contributed by atoms with van der Waals surface area (Å²) in [7, 11) is 0. The van der Waals surface area contributed by atoms with Crippen LogP contribution in [0.1, 0.15) is 17.5 Å². The van der Waals surface area contributed by atoms with Gasteiger partial charge in [-0.1, -0.05) is 23.2 Å². The molecule has 9 heteroatoms. The van der Waals surface area contributed by atoms with Crippen molar-refractivity contribution in [1.29, 1.82) is 0 Å². The second-order valence-electron chi connectivity index (χ2n) is 7.19. The molecule has 2 aliphatic heterocycles. The Morgan fingerprint density at radius 3 is 2.55 bits per heavy atom. The van der Waals surface area contributed by atoms with Crippen molar-refractivity contribution in [2.75, 3.05) is 18.0 Å². The topological polar surface area (TPSA) is 77.9 Å². The van der Waals surface area contributed by atoms with E-state index in [1.807, 2.05) is 0 Å². The van der Waals surface area contributed by atoms with E-state index in [2.05, 4.69) is 0 Å². The average Bonchev–Trinajstić information content (AvgIpc) is 3.08. The van der Waals surface area contributed by atoms with Gasteiger partial charge in [0.15, 0.2) is 0 Å². The summed E-state index contributed by atoms with van der Waals surface area (Å²) in [6.07, 6.45) is -0.141. The van der Waals surface area contributed by atoms with Crippen LogP contribution in [0.5, 0.6) is 0 Å². The lowest BCUT2D eigenvalue weighted by atomic mass is 9.81. The Kier molecular flexibility index (Phi) is 4.75. The summed E-state index contributed by atoms with van der Waals surface area (Å²) in [6, 6.07) is 8.81. The summed E-state index contributed by atoms with van der Waals surface area (Å²) in [5.41, 5.74) is -0.0759. The van der Waals surface area contributed by atoms with Gasteiger partial charge >= 0.3 is 5.97 Å². The van der Waals surface area contributed by atoms with Crippen molar-refractivity contribution in [3.05, 3.63) is 63.4 Å². The molecule has 1 fully saturated rings. The Morgan fingerprint density at radius 2 is 1.83 bits per heavy atom. The van der Waals surface area contributed by atoms with Crippen molar-refractivity contribution >= 4 is 46.7 Å². The number of amides is 2. The maximum Gasteiger partial charge on any atom is 0.323 e. The van der Waals surface area contributed by atoms with Crippen LogP contribution in [0.15, 0.2) is 36.4 Å². The third kappa shape index (κ3) is 3.24. The van der Waals surface area contributed by atoms with Gasteiger partial charge in [-0.25, -0.2) is 4.39 Å². The number of likely N-dealkylation sites (tertiary alicyclic amines) is 1. The van der Waals surface area contributed by atoms with E-state index >= 15 is 0 Å². The van der Waals surface area contributed by atoms with Crippen molar-refractivity contribution in [1.82, 2.24) is 4.90 Å². The van der Waals surface area contributed by atoms with E-state index in [0.717, 1.165) is 4.90 Å². The van der Waals surface area contributed by atoms with Crippen molar-refractivity contribution in [3.8, 4) is 0 Å². The van der Waals surface area contributed by atoms with Crippen LogP contribution in [0.25, 0.3) is 0 Å². The summed E-state index contributed by atoms with van der Waals surface area (Å²) in [5.74, 6) is -2.48. The van der Waals surface area contributed by atoms with Gasteiger partial charge in [-0.2, -0.15) is 0 Å². The number of hydrogen-bond donors (Lipinski definition) is 1. The number of carbonyl (C=O) groups excluding carboxylic acids is 2. The highest BCUT2D eigenvalue weighted by Gasteiger charge is 2.57. The second kappa shape index (κ2) is 7.00. The zero-order valence-electron chi connectivity index (χ0n) is 15.0. The Bertz CT molecular complexity index is 1060. The molecule has 0 aliphatic carbocycles. The van der Waals surface area contributed by atoms with Gasteiger partial charge in [-0.15, -0.1) is 0 Å². The Hall–Kier alpha value is -2.64. The number of halogens is 3. The molecule has 0 unspecified atom stereocenters. The maximum absolute atomic E-state index is 14.1. The first-order valence-electron chi connectivity index (χ1n) is 8.77. The molecule has 2 aliphatic rings. The van der Waals surface area contributed by atoms with Crippen molar-refractivity contribution < 1.29 is 23.9 Å². The second-order valence-corrected chi connectivity index (χ2v) is 8.06. The van der Waals surface area contributed by atoms with Gasteiger partial charge in [0.05, 0.1) is 0 Å². The Labute approximate surface area is 175 Å². The van der Waals surface area contributed by atoms with Gasteiger partial charge in [0.2, 0.25) is 11.8 Å². The lowest BCUT2D eigenvalue weighted by Crippen LogP contribution is -2.44. The number of rotatable bonds is 4. The van der Waals surface area contributed by atoms with Crippen LogP contribution in [0, 0.1) is 5.82 Å². The third-order valence-electron chi connectivity index (χ3n) is 5.35. The van der Waals surface area contributed by atoms with Gasteiger partial charge in [-0.3, -0.25) is 14.4 Å². The van der Waals surface area contributed by atoms with E-state index in [1.165, 1.54) is 23.1 Å². The van der Waals surface area contributed by atoms with Crippen LogP contribution in [0.4, 0.5) is 10.1 Å². The number of carboxylic acid groups (broad SMARTS) is 1. The summed E-state index contributed by atoms with van der Waals surface area (Å²) >= 11 is 12.1. The molecule has 29 heavy (non-hydrogen) atoms. The first-order chi connectivity index (χ1) is 13.7. The van der Waals surface area contributed by atoms with E-state index in [4.69, 9.17) is 23.2 Å². The predicted octanol–water partition coefficient (Wildman–Crippen LogP) is 3.23. The highest BCUT2D eigenvalue weighted by atomic mass is 35.5. The monoisotopic (exact) mass is 436 g/mol. The number of hydrogen-bond acceptors (Lipinski definition) is 3. The molecule has 6 nitrogen and oxygen atoms in total. The minimum Gasteiger partial charge on any atom is -0.480 e. The predicted molar refractivity (Wildman–Crippen MR) is 105 cm³/mol. The lowest BCUT2D eigenvalue weighted by Gasteiger charge is -2.24. The van der Waals surface area contributed by atoms with Crippen LogP contribution in [-0.2, 0) is 26.3 Å². The fourth-order valence-corrected chi connectivity index (χ4v) is 4.45. The molecule has 150 valence electrons. The first-order valence-corrected chi connectivity index (χ1v) is 9.52. The molecule has 0 aromatic heterocycles. The number of aliphatic carboxylic acids is 1. The van der Waals surface area contributed by atoms with Crippen LogP contribution in [-0.4, -0.2) is 40.9 Å². The fraction of sp³-hybridized carbons (Fsp3) is 0.250. The molecule has 2 heterocycles. The summed E-state index contributed by atoms with van der Waals surface area (Å²) in [5, 5.41) is 9.92. The zero-order chi connectivity index (χ0) is 20.9. The molecule has 1 atom stereocenters. The van der Waals surface area contributed by atoms with Crippen LogP contribution < -0.4 is 4.90 Å². The molecule has 0 radical (unpaired) electrons. The van der Waals surface area contributed by atoms with Crippen molar-refractivity contribution in [3.63, 3.8) is 0 Å². The molecule has 1 saturated heterocycles. The van der Waals surface area contributed by atoms with Gasteiger partial charge in [0.25, 0.3) is 0 Å². The molecular formula is C20H15Cl2FN2O4. The average molecular weight is 437 g/mol. The lowest BCUT2D eigenvalue weighted by molar-refractivity contribution is -0.137. The Morgan fingerprint density at radius 1 is 1.14 bits per heavy atom. The minimum absolute atomic E-state index is 0.0000806. The normalized spacial score (nSPS) is 20.7. The van der Waals surface area contributed by atoms with E-state index < -0.39 is 29.7 Å². The third-order valence-corrected chi connectivity index (χ3v) is 5.82. The molecule has 2 amide bonds. The van der Waals surface area contributed by atoms with E-state index in [9.17, 15) is 23.9 Å². The molecule has 2 aromatic carbocycles. The molecule has 0 bridgehead atoms. The molecule has 4 rings (SSSR count). The van der Waals surface area contributed by atoms with Gasteiger partial charge in [-0.05, 0) is 42.0 Å².